The van der Waals surface area contributed by atoms with Crippen LogP contribution in [0.3, 0.4) is 0 Å². The fourth-order valence-corrected chi connectivity index (χ4v) is 2.36. The maximum absolute atomic E-state index is 6.07. The Hall–Kier alpha value is -1.59. The van der Waals surface area contributed by atoms with Crippen LogP contribution in [0.5, 0.6) is 0 Å². The summed E-state index contributed by atoms with van der Waals surface area (Å²) in [5.74, 6) is 1.65. The highest BCUT2D eigenvalue weighted by Gasteiger charge is 2.19. The van der Waals surface area contributed by atoms with Crippen LogP contribution >= 0.6 is 11.8 Å². The molecule has 0 saturated heterocycles. The van der Waals surface area contributed by atoms with Gasteiger partial charge in [0.05, 0.1) is 6.04 Å². The zero-order chi connectivity index (χ0) is 15.1. The van der Waals surface area contributed by atoms with E-state index in [-0.39, 0.29) is 6.04 Å². The van der Waals surface area contributed by atoms with E-state index in [1.807, 2.05) is 18.2 Å². The number of thioether (sulfide) groups is 1. The summed E-state index contributed by atoms with van der Waals surface area (Å²) in [6, 6.07) is 10.00. The molecule has 0 amide bonds. The van der Waals surface area contributed by atoms with E-state index in [9.17, 15) is 0 Å². The smallest absolute Gasteiger partial charge is 0.276 e. The maximum atomic E-state index is 6.07. The lowest BCUT2D eigenvalue weighted by Gasteiger charge is -2.13. The average Bonchev–Trinajstić information content (AvgIpc) is 3.00. The van der Waals surface area contributed by atoms with Gasteiger partial charge >= 0.3 is 0 Å². The third kappa shape index (κ3) is 4.72. The summed E-state index contributed by atoms with van der Waals surface area (Å²) in [5, 5.41) is 8.64. The number of benzene rings is 1. The Labute approximate surface area is 129 Å². The largest absolute Gasteiger partial charge is 0.414 e. The molecule has 2 aromatic rings. The second-order valence-corrected chi connectivity index (χ2v) is 5.91. The highest BCUT2D eigenvalue weighted by Crippen LogP contribution is 2.24. The quantitative estimate of drug-likeness (QED) is 0.785. The number of rotatable bonds is 7. The van der Waals surface area contributed by atoms with Gasteiger partial charge in [-0.05, 0) is 11.5 Å². The van der Waals surface area contributed by atoms with E-state index in [2.05, 4.69) is 48.3 Å². The van der Waals surface area contributed by atoms with Gasteiger partial charge in [0, 0.05) is 5.75 Å². The van der Waals surface area contributed by atoms with Crippen molar-refractivity contribution in [2.75, 3.05) is 5.75 Å². The van der Waals surface area contributed by atoms with Crippen molar-refractivity contribution in [2.24, 2.45) is 11.7 Å². The maximum Gasteiger partial charge on any atom is 0.276 e. The molecule has 0 aliphatic rings. The van der Waals surface area contributed by atoms with E-state index in [0.717, 1.165) is 12.2 Å². The van der Waals surface area contributed by atoms with Crippen LogP contribution in [0, 0.1) is 5.92 Å². The van der Waals surface area contributed by atoms with Gasteiger partial charge in [-0.1, -0.05) is 74.5 Å². The number of aromatic nitrogens is 2. The standard InChI is InChI=1S/C16H21N3OS/c1-3-12(2)14(17)15-18-19-16(20-15)21-11-7-10-13-8-5-4-6-9-13/h4-10,12,14H,3,11,17H2,1-2H3/b10-7+/t12-,14-/m1/s1. The second kappa shape index (κ2) is 8.00. The Bertz CT molecular complexity index is 568. The van der Waals surface area contributed by atoms with Gasteiger partial charge in [-0.25, -0.2) is 0 Å². The Morgan fingerprint density at radius 1 is 1.29 bits per heavy atom. The van der Waals surface area contributed by atoms with Crippen LogP contribution in [0.25, 0.3) is 6.08 Å². The van der Waals surface area contributed by atoms with Crippen molar-refractivity contribution >= 4 is 17.8 Å². The lowest BCUT2D eigenvalue weighted by atomic mass is 10.0. The van der Waals surface area contributed by atoms with E-state index in [1.54, 1.807) is 0 Å². The Kier molecular flexibility index (Phi) is 6.02. The third-order valence-corrected chi connectivity index (χ3v) is 4.15. The molecule has 2 rings (SSSR count). The molecular weight excluding hydrogens is 282 g/mol. The van der Waals surface area contributed by atoms with Crippen molar-refractivity contribution in [3.63, 3.8) is 0 Å². The summed E-state index contributed by atoms with van der Waals surface area (Å²) < 4.78 is 5.60. The first-order chi connectivity index (χ1) is 10.2. The molecule has 0 bridgehead atoms. The van der Waals surface area contributed by atoms with Crippen molar-refractivity contribution in [3.8, 4) is 0 Å². The molecule has 1 aromatic heterocycles. The monoisotopic (exact) mass is 303 g/mol. The van der Waals surface area contributed by atoms with Crippen molar-refractivity contribution in [1.82, 2.24) is 10.2 Å². The number of nitrogens with zero attached hydrogens (tertiary/aromatic N) is 2. The predicted molar refractivity (Wildman–Crippen MR) is 86.9 cm³/mol. The molecule has 2 N–H and O–H groups in total. The summed E-state index contributed by atoms with van der Waals surface area (Å²) in [6.45, 7) is 4.19. The number of hydrogen-bond acceptors (Lipinski definition) is 5. The molecule has 112 valence electrons. The minimum Gasteiger partial charge on any atom is -0.414 e. The molecule has 0 fully saturated rings. The van der Waals surface area contributed by atoms with E-state index in [1.165, 1.54) is 17.3 Å². The molecule has 0 unspecified atom stereocenters. The minimum atomic E-state index is -0.184. The molecule has 1 heterocycles. The Morgan fingerprint density at radius 2 is 2.05 bits per heavy atom. The van der Waals surface area contributed by atoms with Crippen LogP contribution in [0.4, 0.5) is 0 Å². The molecule has 4 nitrogen and oxygen atoms in total. The van der Waals surface area contributed by atoms with E-state index < -0.39 is 0 Å². The molecule has 0 aliphatic heterocycles. The topological polar surface area (TPSA) is 64.9 Å². The van der Waals surface area contributed by atoms with Crippen molar-refractivity contribution in [2.45, 2.75) is 31.5 Å². The van der Waals surface area contributed by atoms with Crippen LogP contribution in [0.1, 0.15) is 37.8 Å². The minimum absolute atomic E-state index is 0.184. The molecular formula is C16H21N3OS. The highest BCUT2D eigenvalue weighted by atomic mass is 32.2. The van der Waals surface area contributed by atoms with Crippen molar-refractivity contribution < 1.29 is 4.42 Å². The van der Waals surface area contributed by atoms with E-state index in [0.29, 0.717) is 17.0 Å². The summed E-state index contributed by atoms with van der Waals surface area (Å²) in [5.41, 5.74) is 7.26. The van der Waals surface area contributed by atoms with Gasteiger partial charge in [0.15, 0.2) is 0 Å². The van der Waals surface area contributed by atoms with Gasteiger partial charge in [0.2, 0.25) is 5.89 Å². The predicted octanol–water partition coefficient (Wildman–Crippen LogP) is 3.92. The Morgan fingerprint density at radius 3 is 2.76 bits per heavy atom. The van der Waals surface area contributed by atoms with Crippen molar-refractivity contribution in [3.05, 3.63) is 47.9 Å². The molecule has 1 aromatic carbocycles. The van der Waals surface area contributed by atoms with Crippen LogP contribution in [0.15, 0.2) is 46.0 Å². The van der Waals surface area contributed by atoms with Crippen LogP contribution in [0.2, 0.25) is 0 Å². The summed E-state index contributed by atoms with van der Waals surface area (Å²) in [7, 11) is 0. The average molecular weight is 303 g/mol. The molecule has 0 saturated carbocycles. The molecule has 0 spiro atoms. The van der Waals surface area contributed by atoms with Gasteiger partial charge < -0.3 is 10.2 Å². The molecule has 2 atom stereocenters. The second-order valence-electron chi connectivity index (χ2n) is 4.94. The van der Waals surface area contributed by atoms with Crippen LogP contribution in [-0.4, -0.2) is 16.0 Å². The zero-order valence-corrected chi connectivity index (χ0v) is 13.2. The molecule has 5 heteroatoms. The van der Waals surface area contributed by atoms with Gasteiger partial charge in [-0.3, -0.25) is 0 Å². The highest BCUT2D eigenvalue weighted by molar-refractivity contribution is 7.99. The number of hydrogen-bond donors (Lipinski definition) is 1. The lowest BCUT2D eigenvalue weighted by molar-refractivity contribution is 0.333. The molecule has 0 aliphatic carbocycles. The summed E-state index contributed by atoms with van der Waals surface area (Å²) in [4.78, 5) is 0. The van der Waals surface area contributed by atoms with Gasteiger partial charge in [-0.2, -0.15) is 0 Å². The first-order valence-electron chi connectivity index (χ1n) is 7.14. The normalized spacial score (nSPS) is 14.4. The summed E-state index contributed by atoms with van der Waals surface area (Å²) in [6.07, 6.45) is 5.15. The first kappa shape index (κ1) is 15.8. The van der Waals surface area contributed by atoms with Gasteiger partial charge in [0.1, 0.15) is 0 Å². The van der Waals surface area contributed by atoms with Crippen LogP contribution < -0.4 is 5.73 Å². The molecule has 21 heavy (non-hydrogen) atoms. The van der Waals surface area contributed by atoms with Crippen LogP contribution in [-0.2, 0) is 0 Å². The fraction of sp³-hybridized carbons (Fsp3) is 0.375. The third-order valence-electron chi connectivity index (χ3n) is 3.38. The summed E-state index contributed by atoms with van der Waals surface area (Å²) >= 11 is 1.51. The van der Waals surface area contributed by atoms with E-state index in [4.69, 9.17) is 10.2 Å². The SMILES string of the molecule is CC[C@@H](C)[C@@H](N)c1nnc(SC/C=C/c2ccccc2)o1. The zero-order valence-electron chi connectivity index (χ0n) is 12.4. The Balaban J connectivity index is 1.84. The fourth-order valence-electron chi connectivity index (χ4n) is 1.78. The molecule has 0 radical (unpaired) electrons. The lowest BCUT2D eigenvalue weighted by Crippen LogP contribution is -2.18. The first-order valence-corrected chi connectivity index (χ1v) is 8.12. The van der Waals surface area contributed by atoms with Gasteiger partial charge in [0.25, 0.3) is 5.22 Å². The number of nitrogens with two attached hydrogens (primary N) is 1. The van der Waals surface area contributed by atoms with E-state index >= 15 is 0 Å². The van der Waals surface area contributed by atoms with Gasteiger partial charge in [-0.15, -0.1) is 10.2 Å². The van der Waals surface area contributed by atoms with Crippen molar-refractivity contribution in [1.29, 1.82) is 0 Å².